The van der Waals surface area contributed by atoms with E-state index < -0.39 is 5.97 Å². The molecule has 15 heavy (non-hydrogen) atoms. The first-order valence-electron chi connectivity index (χ1n) is 5.20. The van der Waals surface area contributed by atoms with E-state index in [1.165, 1.54) is 6.92 Å². The zero-order valence-electron chi connectivity index (χ0n) is 8.86. The van der Waals surface area contributed by atoms with Gasteiger partial charge in [-0.15, -0.1) is 0 Å². The van der Waals surface area contributed by atoms with Crippen molar-refractivity contribution >= 4 is 11.9 Å². The molecule has 0 spiro atoms. The van der Waals surface area contributed by atoms with Crippen LogP contribution in [0.25, 0.3) is 0 Å². The van der Waals surface area contributed by atoms with Crippen molar-refractivity contribution in [2.75, 3.05) is 6.61 Å². The van der Waals surface area contributed by atoms with E-state index in [4.69, 9.17) is 9.84 Å². The summed E-state index contributed by atoms with van der Waals surface area (Å²) in [7, 11) is 0. The van der Waals surface area contributed by atoms with E-state index in [2.05, 4.69) is 5.32 Å². The van der Waals surface area contributed by atoms with Gasteiger partial charge in [-0.3, -0.25) is 9.59 Å². The minimum absolute atomic E-state index is 0.0172. The Morgan fingerprint density at radius 3 is 2.80 bits per heavy atom. The van der Waals surface area contributed by atoms with Crippen molar-refractivity contribution in [3.63, 3.8) is 0 Å². The number of ether oxygens (including phenoxy) is 1. The number of carbonyl (C=O) groups excluding carboxylic acids is 1. The van der Waals surface area contributed by atoms with Gasteiger partial charge in [0.25, 0.3) is 0 Å². The molecule has 1 saturated carbocycles. The minimum Gasteiger partial charge on any atom is -0.481 e. The van der Waals surface area contributed by atoms with Crippen LogP contribution in [0, 0.1) is 0 Å². The van der Waals surface area contributed by atoms with Crippen LogP contribution in [0.5, 0.6) is 0 Å². The molecule has 1 aliphatic rings. The third-order valence-corrected chi connectivity index (χ3v) is 2.49. The quantitative estimate of drug-likeness (QED) is 0.701. The van der Waals surface area contributed by atoms with Gasteiger partial charge in [0.05, 0.1) is 25.2 Å². The molecule has 2 N–H and O–H groups in total. The minimum atomic E-state index is -0.857. The van der Waals surface area contributed by atoms with Crippen LogP contribution >= 0.6 is 0 Å². The van der Waals surface area contributed by atoms with Gasteiger partial charge in [-0.1, -0.05) is 0 Å². The normalized spacial score (nSPS) is 25.1. The second kappa shape index (κ2) is 5.70. The molecule has 0 aromatic rings. The Morgan fingerprint density at radius 2 is 2.20 bits per heavy atom. The molecular weight excluding hydrogens is 198 g/mol. The van der Waals surface area contributed by atoms with Crippen LogP contribution in [-0.4, -0.2) is 35.7 Å². The summed E-state index contributed by atoms with van der Waals surface area (Å²) >= 11 is 0. The highest BCUT2D eigenvalue weighted by Gasteiger charge is 2.28. The van der Waals surface area contributed by atoms with Crippen molar-refractivity contribution in [3.8, 4) is 0 Å². The highest BCUT2D eigenvalue weighted by Crippen LogP contribution is 2.22. The summed E-state index contributed by atoms with van der Waals surface area (Å²) in [4.78, 5) is 21.1. The van der Waals surface area contributed by atoms with Crippen molar-refractivity contribution in [3.05, 3.63) is 0 Å². The second-order valence-electron chi connectivity index (χ2n) is 3.79. The molecule has 0 saturated heterocycles. The van der Waals surface area contributed by atoms with Gasteiger partial charge in [-0.2, -0.15) is 0 Å². The zero-order valence-corrected chi connectivity index (χ0v) is 8.86. The first-order chi connectivity index (χ1) is 7.09. The average Bonchev–Trinajstić information content (AvgIpc) is 2.51. The van der Waals surface area contributed by atoms with Gasteiger partial charge in [-0.25, -0.2) is 0 Å². The second-order valence-corrected chi connectivity index (χ2v) is 3.79. The summed E-state index contributed by atoms with van der Waals surface area (Å²) < 4.78 is 5.43. The van der Waals surface area contributed by atoms with E-state index in [0.717, 1.165) is 19.3 Å². The number of hydrogen-bond donors (Lipinski definition) is 2. The smallest absolute Gasteiger partial charge is 0.305 e. The molecule has 5 nitrogen and oxygen atoms in total. The molecule has 1 aliphatic carbocycles. The number of amides is 1. The predicted molar refractivity (Wildman–Crippen MR) is 53.4 cm³/mol. The Bertz CT molecular complexity index is 242. The van der Waals surface area contributed by atoms with Crippen LogP contribution < -0.4 is 5.32 Å². The van der Waals surface area contributed by atoms with Gasteiger partial charge in [-0.05, 0) is 19.3 Å². The van der Waals surface area contributed by atoms with Gasteiger partial charge in [0.2, 0.25) is 5.91 Å². The lowest BCUT2D eigenvalue weighted by atomic mass is 10.2. The van der Waals surface area contributed by atoms with Crippen LogP contribution in [0.4, 0.5) is 0 Å². The van der Waals surface area contributed by atoms with E-state index in [-0.39, 0.29) is 31.1 Å². The van der Waals surface area contributed by atoms with Gasteiger partial charge >= 0.3 is 5.97 Å². The van der Waals surface area contributed by atoms with Crippen LogP contribution in [0.3, 0.4) is 0 Å². The lowest BCUT2D eigenvalue weighted by Gasteiger charge is -2.20. The number of nitrogens with one attached hydrogen (secondary N) is 1. The molecule has 86 valence electrons. The SMILES string of the molecule is CC(=O)N[C@@H]1CCC[C@H]1OCCC(=O)O. The largest absolute Gasteiger partial charge is 0.481 e. The molecule has 1 fully saturated rings. The Kier molecular flexibility index (Phi) is 4.55. The van der Waals surface area contributed by atoms with Crippen molar-refractivity contribution in [2.24, 2.45) is 0 Å². The Morgan fingerprint density at radius 1 is 1.47 bits per heavy atom. The maximum atomic E-state index is 10.9. The molecule has 1 rings (SSSR count). The van der Waals surface area contributed by atoms with Crippen molar-refractivity contribution in [1.29, 1.82) is 0 Å². The van der Waals surface area contributed by atoms with Crippen LogP contribution in [-0.2, 0) is 14.3 Å². The summed E-state index contributed by atoms with van der Waals surface area (Å²) in [6, 6.07) is 0.0521. The highest BCUT2D eigenvalue weighted by atomic mass is 16.5. The fourth-order valence-electron chi connectivity index (χ4n) is 1.85. The number of aliphatic carboxylic acids is 1. The van der Waals surface area contributed by atoms with Crippen molar-refractivity contribution < 1.29 is 19.4 Å². The number of hydrogen-bond acceptors (Lipinski definition) is 3. The van der Waals surface area contributed by atoms with Crippen molar-refractivity contribution in [2.45, 2.75) is 44.8 Å². The van der Waals surface area contributed by atoms with E-state index in [1.807, 2.05) is 0 Å². The van der Waals surface area contributed by atoms with Gasteiger partial charge in [0, 0.05) is 6.92 Å². The standard InChI is InChI=1S/C10H17NO4/c1-7(12)11-8-3-2-4-9(8)15-6-5-10(13)14/h8-9H,2-6H2,1H3,(H,11,12)(H,13,14)/t8-,9-/m1/s1. The number of carboxylic acids is 1. The van der Waals surface area contributed by atoms with Gasteiger partial charge in [0.1, 0.15) is 0 Å². The average molecular weight is 215 g/mol. The Labute approximate surface area is 88.8 Å². The molecule has 2 atom stereocenters. The fraction of sp³-hybridized carbons (Fsp3) is 0.800. The van der Waals surface area contributed by atoms with Crippen LogP contribution in [0.2, 0.25) is 0 Å². The molecule has 0 aromatic carbocycles. The number of rotatable bonds is 5. The van der Waals surface area contributed by atoms with E-state index in [0.29, 0.717) is 0 Å². The summed E-state index contributed by atoms with van der Waals surface area (Å²) in [6.07, 6.45) is 2.82. The summed E-state index contributed by atoms with van der Waals surface area (Å²) in [6.45, 7) is 1.70. The third-order valence-electron chi connectivity index (χ3n) is 2.49. The molecule has 5 heteroatoms. The van der Waals surface area contributed by atoms with Gasteiger partial charge < -0.3 is 15.2 Å². The van der Waals surface area contributed by atoms with Crippen LogP contribution in [0.1, 0.15) is 32.6 Å². The van der Waals surface area contributed by atoms with E-state index >= 15 is 0 Å². The highest BCUT2D eigenvalue weighted by molar-refractivity contribution is 5.73. The third kappa shape index (κ3) is 4.29. The Hall–Kier alpha value is -1.10. The molecular formula is C10H17NO4. The maximum absolute atomic E-state index is 10.9. The number of carbonyl (C=O) groups is 2. The molecule has 0 aromatic heterocycles. The molecule has 0 bridgehead atoms. The first-order valence-corrected chi connectivity index (χ1v) is 5.20. The molecule has 0 heterocycles. The lowest BCUT2D eigenvalue weighted by Crippen LogP contribution is -2.40. The summed E-state index contributed by atoms with van der Waals surface area (Å²) in [5, 5.41) is 11.3. The van der Waals surface area contributed by atoms with Crippen LogP contribution in [0.15, 0.2) is 0 Å². The lowest BCUT2D eigenvalue weighted by molar-refractivity contribution is -0.139. The Balaban J connectivity index is 2.26. The first kappa shape index (κ1) is 12.0. The number of carboxylic acid groups (broad SMARTS) is 1. The summed E-state index contributed by atoms with van der Waals surface area (Å²) in [5.41, 5.74) is 0. The summed E-state index contributed by atoms with van der Waals surface area (Å²) in [5.74, 6) is -0.919. The molecule has 1 amide bonds. The predicted octanol–water partition coefficient (Wildman–Crippen LogP) is 0.535. The van der Waals surface area contributed by atoms with Crippen molar-refractivity contribution in [1.82, 2.24) is 5.32 Å². The molecule has 0 unspecified atom stereocenters. The topological polar surface area (TPSA) is 75.6 Å². The molecule has 0 radical (unpaired) electrons. The fourth-order valence-corrected chi connectivity index (χ4v) is 1.85. The monoisotopic (exact) mass is 215 g/mol. The maximum Gasteiger partial charge on any atom is 0.305 e. The zero-order chi connectivity index (χ0) is 11.3. The molecule has 0 aliphatic heterocycles. The van der Waals surface area contributed by atoms with E-state index in [1.54, 1.807) is 0 Å². The van der Waals surface area contributed by atoms with E-state index in [9.17, 15) is 9.59 Å². The van der Waals surface area contributed by atoms with Gasteiger partial charge in [0.15, 0.2) is 0 Å².